The number of likely N-dealkylation sites (tertiary alicyclic amines) is 1. The topological polar surface area (TPSA) is 59.0 Å². The number of rotatable bonds is 6. The van der Waals surface area contributed by atoms with Crippen LogP contribution in [0.1, 0.15) is 38.7 Å². The van der Waals surface area contributed by atoms with Gasteiger partial charge in [0.1, 0.15) is 6.04 Å². The van der Waals surface area contributed by atoms with Crippen LogP contribution >= 0.6 is 0 Å². The molecule has 0 bridgehead atoms. The summed E-state index contributed by atoms with van der Waals surface area (Å²) in [6.07, 6.45) is 2.90. The summed E-state index contributed by atoms with van der Waals surface area (Å²) in [6.45, 7) is 5.97. The Morgan fingerprint density at radius 3 is 2.86 bits per heavy atom. The van der Waals surface area contributed by atoms with Crippen molar-refractivity contribution in [3.63, 3.8) is 0 Å². The SMILES string of the molecule is CCOC(=O)[C@@H]1CCCCN1Cc1cccc(OCC)c1O. The Kier molecular flexibility index (Phi) is 6.07. The Morgan fingerprint density at radius 2 is 2.14 bits per heavy atom. The molecule has 0 radical (unpaired) electrons. The van der Waals surface area contributed by atoms with Crippen LogP contribution in [-0.4, -0.2) is 41.8 Å². The maximum absolute atomic E-state index is 12.1. The molecule has 0 amide bonds. The lowest BCUT2D eigenvalue weighted by molar-refractivity contribution is -0.151. The largest absolute Gasteiger partial charge is 0.504 e. The summed E-state index contributed by atoms with van der Waals surface area (Å²) in [4.78, 5) is 14.2. The van der Waals surface area contributed by atoms with Gasteiger partial charge in [0.15, 0.2) is 11.5 Å². The Balaban J connectivity index is 2.13. The van der Waals surface area contributed by atoms with E-state index in [1.165, 1.54) is 0 Å². The molecule has 1 heterocycles. The van der Waals surface area contributed by atoms with E-state index < -0.39 is 0 Å². The first-order valence-electron chi connectivity index (χ1n) is 8.01. The highest BCUT2D eigenvalue weighted by molar-refractivity contribution is 5.75. The molecule has 1 atom stereocenters. The second kappa shape index (κ2) is 8.03. The third kappa shape index (κ3) is 3.91. The van der Waals surface area contributed by atoms with E-state index in [-0.39, 0.29) is 17.8 Å². The summed E-state index contributed by atoms with van der Waals surface area (Å²) in [5, 5.41) is 10.3. The van der Waals surface area contributed by atoms with Gasteiger partial charge in [-0.1, -0.05) is 18.6 Å². The van der Waals surface area contributed by atoms with Crippen LogP contribution in [0.4, 0.5) is 0 Å². The molecule has 0 spiro atoms. The monoisotopic (exact) mass is 307 g/mol. The van der Waals surface area contributed by atoms with E-state index in [0.29, 0.717) is 25.5 Å². The van der Waals surface area contributed by atoms with E-state index in [4.69, 9.17) is 9.47 Å². The van der Waals surface area contributed by atoms with E-state index in [0.717, 1.165) is 31.4 Å². The van der Waals surface area contributed by atoms with Crippen molar-refractivity contribution in [3.05, 3.63) is 23.8 Å². The average molecular weight is 307 g/mol. The van der Waals surface area contributed by atoms with Gasteiger partial charge in [-0.15, -0.1) is 0 Å². The molecular formula is C17H25NO4. The van der Waals surface area contributed by atoms with E-state index in [1.807, 2.05) is 26.0 Å². The van der Waals surface area contributed by atoms with E-state index in [9.17, 15) is 9.90 Å². The standard InChI is InChI=1S/C17H25NO4/c1-3-21-15-10-7-8-13(16(15)19)12-18-11-6-5-9-14(18)17(20)22-4-2/h7-8,10,14,19H,3-6,9,11-12H2,1-2H3/t14-/m0/s1. The molecule has 1 saturated heterocycles. The van der Waals surface area contributed by atoms with Gasteiger partial charge in [0.25, 0.3) is 0 Å². The van der Waals surface area contributed by atoms with Crippen molar-refractivity contribution in [1.29, 1.82) is 0 Å². The minimum absolute atomic E-state index is 0.164. The second-order valence-electron chi connectivity index (χ2n) is 5.43. The number of carbonyl (C=O) groups excluding carboxylic acids is 1. The molecule has 1 aromatic carbocycles. The van der Waals surface area contributed by atoms with Gasteiger partial charge in [-0.05, 0) is 39.3 Å². The first-order valence-corrected chi connectivity index (χ1v) is 8.01. The third-order valence-electron chi connectivity index (χ3n) is 3.93. The lowest BCUT2D eigenvalue weighted by Crippen LogP contribution is -2.44. The number of phenolic OH excluding ortho intramolecular Hbond substituents is 1. The van der Waals surface area contributed by atoms with E-state index in [2.05, 4.69) is 4.90 Å². The zero-order valence-corrected chi connectivity index (χ0v) is 13.4. The van der Waals surface area contributed by atoms with Crippen LogP contribution < -0.4 is 4.74 Å². The number of hydrogen-bond acceptors (Lipinski definition) is 5. The molecular weight excluding hydrogens is 282 g/mol. The molecule has 1 aliphatic heterocycles. The van der Waals surface area contributed by atoms with Crippen molar-refractivity contribution in [2.45, 2.75) is 45.7 Å². The van der Waals surface area contributed by atoms with Gasteiger partial charge in [-0.2, -0.15) is 0 Å². The molecule has 1 N–H and O–H groups in total. The van der Waals surface area contributed by atoms with Crippen LogP contribution in [0.25, 0.3) is 0 Å². The maximum Gasteiger partial charge on any atom is 0.323 e. The highest BCUT2D eigenvalue weighted by Gasteiger charge is 2.30. The van der Waals surface area contributed by atoms with Gasteiger partial charge in [0.2, 0.25) is 0 Å². The third-order valence-corrected chi connectivity index (χ3v) is 3.93. The zero-order valence-electron chi connectivity index (χ0n) is 13.4. The quantitative estimate of drug-likeness (QED) is 0.819. The Bertz CT molecular complexity index is 503. The van der Waals surface area contributed by atoms with Crippen molar-refractivity contribution in [2.24, 2.45) is 0 Å². The van der Waals surface area contributed by atoms with Crippen molar-refractivity contribution in [2.75, 3.05) is 19.8 Å². The number of phenols is 1. The van der Waals surface area contributed by atoms with Crippen LogP contribution in [-0.2, 0) is 16.1 Å². The number of carbonyl (C=O) groups is 1. The normalized spacial score (nSPS) is 18.9. The fraction of sp³-hybridized carbons (Fsp3) is 0.588. The molecule has 0 saturated carbocycles. The van der Waals surface area contributed by atoms with Crippen LogP contribution in [0.5, 0.6) is 11.5 Å². The fourth-order valence-electron chi connectivity index (χ4n) is 2.87. The van der Waals surface area contributed by atoms with Crippen LogP contribution in [0.3, 0.4) is 0 Å². The number of benzene rings is 1. The predicted octanol–water partition coefficient (Wildman–Crippen LogP) is 2.71. The van der Waals surface area contributed by atoms with E-state index in [1.54, 1.807) is 6.07 Å². The van der Waals surface area contributed by atoms with Crippen molar-refractivity contribution >= 4 is 5.97 Å². The van der Waals surface area contributed by atoms with Crippen LogP contribution in [0, 0.1) is 0 Å². The molecule has 0 unspecified atom stereocenters. The van der Waals surface area contributed by atoms with Gasteiger partial charge in [0, 0.05) is 12.1 Å². The number of esters is 1. The number of aromatic hydroxyl groups is 1. The predicted molar refractivity (Wildman–Crippen MR) is 84.0 cm³/mol. The summed E-state index contributed by atoms with van der Waals surface area (Å²) in [7, 11) is 0. The first-order chi connectivity index (χ1) is 10.7. The molecule has 1 aliphatic rings. The summed E-state index contributed by atoms with van der Waals surface area (Å²) in [5.74, 6) is 0.491. The number of ether oxygens (including phenoxy) is 2. The Hall–Kier alpha value is -1.75. The number of nitrogens with zero attached hydrogens (tertiary/aromatic N) is 1. The summed E-state index contributed by atoms with van der Waals surface area (Å²) in [5.41, 5.74) is 0.780. The van der Waals surface area contributed by atoms with Gasteiger partial charge in [0.05, 0.1) is 13.2 Å². The fourth-order valence-corrected chi connectivity index (χ4v) is 2.87. The average Bonchev–Trinajstić information content (AvgIpc) is 2.52. The molecule has 5 nitrogen and oxygen atoms in total. The molecule has 1 aromatic rings. The van der Waals surface area contributed by atoms with Gasteiger partial charge < -0.3 is 14.6 Å². The van der Waals surface area contributed by atoms with Crippen LogP contribution in [0.2, 0.25) is 0 Å². The second-order valence-corrected chi connectivity index (χ2v) is 5.43. The Morgan fingerprint density at radius 1 is 1.32 bits per heavy atom. The summed E-state index contributed by atoms with van der Waals surface area (Å²) < 4.78 is 10.6. The maximum atomic E-state index is 12.1. The van der Waals surface area contributed by atoms with Gasteiger partial charge >= 0.3 is 5.97 Å². The van der Waals surface area contributed by atoms with Crippen molar-refractivity contribution < 1.29 is 19.4 Å². The minimum atomic E-state index is -0.219. The highest BCUT2D eigenvalue weighted by Crippen LogP contribution is 2.32. The lowest BCUT2D eigenvalue weighted by atomic mass is 10.0. The molecule has 0 aromatic heterocycles. The molecule has 0 aliphatic carbocycles. The van der Waals surface area contributed by atoms with Crippen LogP contribution in [0.15, 0.2) is 18.2 Å². The van der Waals surface area contributed by atoms with Gasteiger partial charge in [-0.3, -0.25) is 9.69 Å². The minimum Gasteiger partial charge on any atom is -0.504 e. The number of piperidine rings is 1. The summed E-state index contributed by atoms with van der Waals surface area (Å²) in [6, 6.07) is 5.27. The first kappa shape index (κ1) is 16.6. The number of para-hydroxylation sites is 1. The molecule has 122 valence electrons. The zero-order chi connectivity index (χ0) is 15.9. The van der Waals surface area contributed by atoms with Crippen molar-refractivity contribution in [1.82, 2.24) is 4.90 Å². The molecule has 5 heteroatoms. The number of hydrogen-bond donors (Lipinski definition) is 1. The molecule has 1 fully saturated rings. The smallest absolute Gasteiger partial charge is 0.323 e. The lowest BCUT2D eigenvalue weighted by Gasteiger charge is -2.34. The highest BCUT2D eigenvalue weighted by atomic mass is 16.5. The van der Waals surface area contributed by atoms with Gasteiger partial charge in [-0.25, -0.2) is 0 Å². The summed E-state index contributed by atoms with van der Waals surface area (Å²) >= 11 is 0. The van der Waals surface area contributed by atoms with Crippen molar-refractivity contribution in [3.8, 4) is 11.5 Å². The molecule has 22 heavy (non-hydrogen) atoms. The molecule has 2 rings (SSSR count). The van der Waals surface area contributed by atoms with E-state index >= 15 is 0 Å². The Labute approximate surface area is 131 Å².